The first-order chi connectivity index (χ1) is 10.5. The van der Waals surface area contributed by atoms with Gasteiger partial charge in [-0.25, -0.2) is 12.4 Å². The summed E-state index contributed by atoms with van der Waals surface area (Å²) in [6, 6.07) is 14.1. The Hall–Kier alpha value is -2.03. The highest BCUT2D eigenvalue weighted by Crippen LogP contribution is 2.25. The van der Waals surface area contributed by atoms with Crippen molar-refractivity contribution in [2.24, 2.45) is 0 Å². The summed E-state index contributed by atoms with van der Waals surface area (Å²) in [5, 5.41) is 0.810. The smallest absolute Gasteiger partial charge is 0.240 e. The van der Waals surface area contributed by atoms with Crippen LogP contribution in [0.3, 0.4) is 0 Å². The summed E-state index contributed by atoms with van der Waals surface area (Å²) in [6.45, 7) is 1.92. The van der Waals surface area contributed by atoms with E-state index >= 15 is 0 Å². The second kappa shape index (κ2) is 5.64. The molecule has 0 aliphatic rings. The maximum atomic E-state index is 12.9. The lowest BCUT2D eigenvalue weighted by Gasteiger charge is -2.07. The zero-order chi connectivity index (χ0) is 15.7. The van der Waals surface area contributed by atoms with Crippen LogP contribution < -0.4 is 0 Å². The molecule has 0 aliphatic carbocycles. The molecule has 0 unspecified atom stereocenters. The molecule has 0 fully saturated rings. The van der Waals surface area contributed by atoms with Gasteiger partial charge in [-0.3, -0.25) is 0 Å². The third-order valence-corrected chi connectivity index (χ3v) is 5.32. The first-order valence-corrected chi connectivity index (χ1v) is 8.81. The van der Waals surface area contributed by atoms with Gasteiger partial charge in [0.15, 0.2) is 0 Å². The van der Waals surface area contributed by atoms with Crippen LogP contribution in [0.4, 0.5) is 0 Å². The highest BCUT2D eigenvalue weighted by atomic mass is 79.9. The maximum absolute atomic E-state index is 12.9. The molecular weight excluding hydrogens is 362 g/mol. The van der Waals surface area contributed by atoms with E-state index in [9.17, 15) is 8.42 Å². The van der Waals surface area contributed by atoms with E-state index in [1.165, 1.54) is 3.97 Å². The predicted molar refractivity (Wildman–Crippen MR) is 91.5 cm³/mol. The number of benzene rings is 2. The molecule has 1 aromatic heterocycles. The van der Waals surface area contributed by atoms with E-state index in [0.29, 0.717) is 11.1 Å². The van der Waals surface area contributed by atoms with Crippen LogP contribution in [0, 0.1) is 17.7 Å². The molecule has 3 aromatic rings. The molecule has 3 rings (SSSR count). The third-order valence-electron chi connectivity index (χ3n) is 3.44. The number of para-hydroxylation sites is 1. The number of aromatic nitrogens is 1. The van der Waals surface area contributed by atoms with Crippen molar-refractivity contribution in [3.8, 4) is 10.8 Å². The summed E-state index contributed by atoms with van der Waals surface area (Å²) in [6.07, 6.45) is 1.56. The Balaban J connectivity index is 2.29. The van der Waals surface area contributed by atoms with Crippen LogP contribution >= 0.6 is 15.9 Å². The molecule has 1 heterocycles. The highest BCUT2D eigenvalue weighted by Gasteiger charge is 2.20. The minimum atomic E-state index is -3.65. The van der Waals surface area contributed by atoms with Crippen molar-refractivity contribution < 1.29 is 8.42 Å². The summed E-state index contributed by atoms with van der Waals surface area (Å²) in [5.41, 5.74) is 2.30. The summed E-state index contributed by atoms with van der Waals surface area (Å²) >= 11 is 3.06. The standard InChI is InChI=1S/C17H12BrNO2S/c1-13-6-8-15(9-7-13)22(20,21)19-12-14(10-11-18)16-4-2-3-5-17(16)19/h2-9,12H,1H3. The van der Waals surface area contributed by atoms with E-state index < -0.39 is 10.0 Å². The highest BCUT2D eigenvalue weighted by molar-refractivity contribution is 9.12. The van der Waals surface area contributed by atoms with Crippen LogP contribution in [0.15, 0.2) is 59.6 Å². The fourth-order valence-electron chi connectivity index (χ4n) is 2.32. The third kappa shape index (κ3) is 2.45. The van der Waals surface area contributed by atoms with E-state index in [1.54, 1.807) is 36.5 Å². The summed E-state index contributed by atoms with van der Waals surface area (Å²) in [7, 11) is -3.65. The topological polar surface area (TPSA) is 39.1 Å². The fourth-order valence-corrected chi connectivity index (χ4v) is 3.91. The second-order valence-electron chi connectivity index (χ2n) is 4.89. The van der Waals surface area contributed by atoms with Gasteiger partial charge in [-0.15, -0.1) is 0 Å². The average molecular weight is 374 g/mol. The quantitative estimate of drug-likeness (QED) is 0.639. The Morgan fingerprint density at radius 3 is 2.41 bits per heavy atom. The van der Waals surface area contributed by atoms with E-state index in [0.717, 1.165) is 10.9 Å². The molecule has 3 nitrogen and oxygen atoms in total. The normalized spacial score (nSPS) is 11.2. The molecule has 110 valence electrons. The number of nitrogens with zero attached hydrogens (tertiary/aromatic N) is 1. The Morgan fingerprint density at radius 1 is 1.05 bits per heavy atom. The van der Waals surface area contributed by atoms with Gasteiger partial charge in [0, 0.05) is 27.5 Å². The zero-order valence-corrected chi connectivity index (χ0v) is 14.1. The minimum Gasteiger partial charge on any atom is -0.240 e. The maximum Gasteiger partial charge on any atom is 0.268 e. The van der Waals surface area contributed by atoms with Crippen LogP contribution in [0.1, 0.15) is 11.1 Å². The van der Waals surface area contributed by atoms with Crippen LogP contribution in [0.2, 0.25) is 0 Å². The molecule has 2 aromatic carbocycles. The molecule has 0 bridgehead atoms. The van der Waals surface area contributed by atoms with Gasteiger partial charge in [-0.05, 0) is 30.0 Å². The molecule has 0 spiro atoms. The molecule has 0 saturated heterocycles. The van der Waals surface area contributed by atoms with Crippen molar-refractivity contribution in [3.63, 3.8) is 0 Å². The number of fused-ring (bicyclic) bond motifs is 1. The van der Waals surface area contributed by atoms with Gasteiger partial charge in [-0.1, -0.05) is 41.8 Å². The molecule has 22 heavy (non-hydrogen) atoms. The SMILES string of the molecule is Cc1ccc(S(=O)(=O)n2cc(C#CBr)c3ccccc32)cc1. The van der Waals surface area contributed by atoms with Gasteiger partial charge in [0.1, 0.15) is 0 Å². The van der Waals surface area contributed by atoms with Gasteiger partial charge < -0.3 is 0 Å². The van der Waals surface area contributed by atoms with Gasteiger partial charge in [0.05, 0.1) is 16.0 Å². The van der Waals surface area contributed by atoms with Gasteiger partial charge in [0.2, 0.25) is 0 Å². The number of hydrogen-bond acceptors (Lipinski definition) is 2. The summed E-state index contributed by atoms with van der Waals surface area (Å²) < 4.78 is 27.1. The molecule has 0 radical (unpaired) electrons. The lowest BCUT2D eigenvalue weighted by atomic mass is 10.2. The molecule has 0 atom stereocenters. The zero-order valence-electron chi connectivity index (χ0n) is 11.7. The Bertz CT molecular complexity index is 1010. The number of aryl methyl sites for hydroxylation is 1. The molecular formula is C17H12BrNO2S. The number of rotatable bonds is 2. The van der Waals surface area contributed by atoms with Crippen molar-refractivity contribution in [2.45, 2.75) is 11.8 Å². The van der Waals surface area contributed by atoms with Crippen LogP contribution in [-0.4, -0.2) is 12.4 Å². The van der Waals surface area contributed by atoms with Crippen LogP contribution in [0.25, 0.3) is 10.9 Å². The summed E-state index contributed by atoms with van der Waals surface area (Å²) in [4.78, 5) is 2.90. The first kappa shape index (κ1) is 14.9. The lowest BCUT2D eigenvalue weighted by Crippen LogP contribution is -2.11. The Kier molecular flexibility index (Phi) is 3.81. The predicted octanol–water partition coefficient (Wildman–Crippen LogP) is 3.89. The molecule has 0 N–H and O–H groups in total. The van der Waals surface area contributed by atoms with E-state index in [1.807, 2.05) is 25.1 Å². The van der Waals surface area contributed by atoms with Crippen molar-refractivity contribution in [2.75, 3.05) is 0 Å². The number of hydrogen-bond donors (Lipinski definition) is 0. The van der Waals surface area contributed by atoms with Gasteiger partial charge >= 0.3 is 0 Å². The lowest BCUT2D eigenvalue weighted by molar-refractivity contribution is 0.589. The summed E-state index contributed by atoms with van der Waals surface area (Å²) in [5.74, 6) is 2.88. The van der Waals surface area contributed by atoms with E-state index in [-0.39, 0.29) is 4.90 Å². The second-order valence-corrected chi connectivity index (χ2v) is 7.10. The minimum absolute atomic E-state index is 0.261. The monoisotopic (exact) mass is 373 g/mol. The fraction of sp³-hybridized carbons (Fsp3) is 0.0588. The molecule has 0 aliphatic heterocycles. The Labute approximate surface area is 137 Å². The molecule has 5 heteroatoms. The largest absolute Gasteiger partial charge is 0.268 e. The van der Waals surface area contributed by atoms with Crippen molar-refractivity contribution in [1.82, 2.24) is 3.97 Å². The molecule has 0 saturated carbocycles. The van der Waals surface area contributed by atoms with Crippen molar-refractivity contribution in [1.29, 1.82) is 0 Å². The van der Waals surface area contributed by atoms with Gasteiger partial charge in [-0.2, -0.15) is 0 Å². The van der Waals surface area contributed by atoms with E-state index in [4.69, 9.17) is 0 Å². The van der Waals surface area contributed by atoms with Crippen molar-refractivity contribution >= 4 is 36.9 Å². The van der Waals surface area contributed by atoms with Crippen LogP contribution in [0.5, 0.6) is 0 Å². The number of halogens is 1. The van der Waals surface area contributed by atoms with Gasteiger partial charge in [0.25, 0.3) is 10.0 Å². The molecule has 0 amide bonds. The van der Waals surface area contributed by atoms with Crippen LogP contribution in [-0.2, 0) is 10.0 Å². The average Bonchev–Trinajstić information content (AvgIpc) is 2.88. The van der Waals surface area contributed by atoms with E-state index in [2.05, 4.69) is 26.7 Å². The first-order valence-electron chi connectivity index (χ1n) is 6.58. The Morgan fingerprint density at radius 2 is 1.73 bits per heavy atom. The van der Waals surface area contributed by atoms with Crippen molar-refractivity contribution in [3.05, 3.63) is 65.9 Å².